The highest BCUT2D eigenvalue weighted by Gasteiger charge is 2.28. The summed E-state index contributed by atoms with van der Waals surface area (Å²) in [5.74, 6) is 1.94. The predicted molar refractivity (Wildman–Crippen MR) is 135 cm³/mol. The number of carbonyl (C=O) groups is 1. The van der Waals surface area contributed by atoms with Crippen LogP contribution in [-0.2, 0) is 16.7 Å². The molecule has 0 unspecified atom stereocenters. The van der Waals surface area contributed by atoms with E-state index in [1.54, 1.807) is 7.11 Å². The summed E-state index contributed by atoms with van der Waals surface area (Å²) in [5, 5.41) is 0.966. The van der Waals surface area contributed by atoms with E-state index in [1.807, 2.05) is 22.9 Å². The molecule has 1 saturated heterocycles. The number of rotatable bonds is 6. The second-order valence-corrected chi connectivity index (χ2v) is 10.4. The molecule has 1 aliphatic carbocycles. The molecule has 0 radical (unpaired) electrons. The van der Waals surface area contributed by atoms with Gasteiger partial charge >= 0.3 is 0 Å². The molecule has 2 N–H and O–H groups in total. The first-order valence-electron chi connectivity index (χ1n) is 12.1. The van der Waals surface area contributed by atoms with Gasteiger partial charge < -0.3 is 24.7 Å². The maximum Gasteiger partial charge on any atom is 0.182 e. The molecule has 3 aromatic rings. The summed E-state index contributed by atoms with van der Waals surface area (Å²) in [6.45, 7) is 9.44. The highest BCUT2D eigenvalue weighted by Crippen LogP contribution is 2.41. The molecule has 34 heavy (non-hydrogen) atoms. The second kappa shape index (κ2) is 8.62. The van der Waals surface area contributed by atoms with Gasteiger partial charge in [-0.05, 0) is 42.5 Å². The van der Waals surface area contributed by atoms with Gasteiger partial charge in [0.1, 0.15) is 17.1 Å². The van der Waals surface area contributed by atoms with E-state index >= 15 is 0 Å². The molecule has 0 bridgehead atoms. The number of hydrogen-bond donors (Lipinski definition) is 1. The number of methoxy groups -OCH3 is 1. The zero-order valence-corrected chi connectivity index (χ0v) is 20.6. The van der Waals surface area contributed by atoms with Crippen molar-refractivity contribution in [3.8, 4) is 5.75 Å². The van der Waals surface area contributed by atoms with Gasteiger partial charge in [-0.25, -0.2) is 4.98 Å². The van der Waals surface area contributed by atoms with Crippen molar-refractivity contribution in [3.05, 3.63) is 47.3 Å². The molecule has 3 heterocycles. The fourth-order valence-electron chi connectivity index (χ4n) is 4.74. The van der Waals surface area contributed by atoms with Gasteiger partial charge in [-0.15, -0.1) is 0 Å². The van der Waals surface area contributed by atoms with Crippen LogP contribution in [0.2, 0.25) is 0 Å². The number of benzene rings is 1. The van der Waals surface area contributed by atoms with Crippen LogP contribution in [0.15, 0.2) is 30.5 Å². The van der Waals surface area contributed by atoms with Crippen LogP contribution in [-0.4, -0.2) is 48.7 Å². The Hall–Kier alpha value is -3.06. The minimum absolute atomic E-state index is 0.0112. The van der Waals surface area contributed by atoms with E-state index in [0.717, 1.165) is 46.7 Å². The number of Topliss-reactive ketones (excluding diaryl/α,β-unsaturated/α-hetero) is 1. The lowest BCUT2D eigenvalue weighted by molar-refractivity contribution is 0.0973. The van der Waals surface area contributed by atoms with E-state index in [9.17, 15) is 4.79 Å². The molecular weight excluding hydrogens is 428 g/mol. The lowest BCUT2D eigenvalue weighted by atomic mass is 9.84. The van der Waals surface area contributed by atoms with Crippen LogP contribution in [0.1, 0.15) is 61.1 Å². The van der Waals surface area contributed by atoms with Crippen LogP contribution in [0, 0.1) is 0 Å². The van der Waals surface area contributed by atoms with Gasteiger partial charge in [0.25, 0.3) is 0 Å². The third kappa shape index (κ3) is 4.25. The minimum Gasteiger partial charge on any atom is -0.494 e. The number of fused-ring (bicyclic) bond motifs is 1. The molecule has 7 nitrogen and oxygen atoms in total. The number of nitrogens with two attached hydrogens (primary N) is 1. The van der Waals surface area contributed by atoms with E-state index in [2.05, 4.69) is 37.8 Å². The van der Waals surface area contributed by atoms with E-state index in [4.69, 9.17) is 20.2 Å². The summed E-state index contributed by atoms with van der Waals surface area (Å²) in [4.78, 5) is 20.6. The van der Waals surface area contributed by atoms with Crippen molar-refractivity contribution in [3.63, 3.8) is 0 Å². The smallest absolute Gasteiger partial charge is 0.182 e. The van der Waals surface area contributed by atoms with Gasteiger partial charge in [0.05, 0.1) is 32.6 Å². The number of carbonyl (C=O) groups excluding carboxylic acids is 1. The van der Waals surface area contributed by atoms with Crippen LogP contribution < -0.4 is 15.4 Å². The Labute approximate surface area is 200 Å². The Morgan fingerprint density at radius 2 is 1.94 bits per heavy atom. The normalized spacial score (nSPS) is 16.8. The fraction of sp³-hybridized carbons (Fsp3) is 0.481. The summed E-state index contributed by atoms with van der Waals surface area (Å²) in [5.41, 5.74) is 10.8. The molecule has 0 spiro atoms. The highest BCUT2D eigenvalue weighted by molar-refractivity contribution is 5.99. The standard InChI is InChI=1S/C27H34N4O3/c1-27(2,3)20-13-19(14-22(25(20)33-4)30-9-11-34-12-10-30)23(32)16-31-15-18-7-8-21(17-5-6-17)29-24(18)26(31)28/h7-8,13-15,17H,5-6,9-12,16,28H2,1-4H3. The molecule has 2 fully saturated rings. The largest absolute Gasteiger partial charge is 0.494 e. The molecule has 1 saturated carbocycles. The second-order valence-electron chi connectivity index (χ2n) is 10.4. The Morgan fingerprint density at radius 3 is 2.59 bits per heavy atom. The molecule has 5 rings (SSSR count). The van der Waals surface area contributed by atoms with E-state index in [0.29, 0.717) is 30.5 Å². The number of aromatic nitrogens is 2. The maximum absolute atomic E-state index is 13.6. The van der Waals surface area contributed by atoms with Crippen molar-refractivity contribution in [2.24, 2.45) is 0 Å². The summed E-state index contributed by atoms with van der Waals surface area (Å²) >= 11 is 0. The Balaban J connectivity index is 1.51. The number of anilines is 2. The Kier molecular flexibility index (Phi) is 5.76. The SMILES string of the molecule is COc1c(N2CCOCC2)cc(C(=O)Cn2cc3ccc(C4CC4)nc3c2N)cc1C(C)(C)C. The van der Waals surface area contributed by atoms with Crippen molar-refractivity contribution in [2.45, 2.75) is 51.5 Å². The molecule has 2 aliphatic rings. The van der Waals surface area contributed by atoms with Crippen LogP contribution in [0.5, 0.6) is 5.75 Å². The molecule has 7 heteroatoms. The molecule has 0 amide bonds. The number of ketones is 1. The molecule has 0 atom stereocenters. The average molecular weight is 463 g/mol. The van der Waals surface area contributed by atoms with Gasteiger partial charge in [0.15, 0.2) is 5.78 Å². The molecular formula is C27H34N4O3. The zero-order valence-electron chi connectivity index (χ0n) is 20.6. The highest BCUT2D eigenvalue weighted by atomic mass is 16.5. The topological polar surface area (TPSA) is 82.6 Å². The number of nitrogen functional groups attached to an aromatic ring is 1. The van der Waals surface area contributed by atoms with E-state index < -0.39 is 0 Å². The van der Waals surface area contributed by atoms with Gasteiger partial charge in [-0.2, -0.15) is 0 Å². The molecule has 1 aliphatic heterocycles. The van der Waals surface area contributed by atoms with Crippen molar-refractivity contribution in [1.82, 2.24) is 9.55 Å². The van der Waals surface area contributed by atoms with Crippen LogP contribution in [0.4, 0.5) is 11.5 Å². The number of ether oxygens (including phenoxy) is 2. The summed E-state index contributed by atoms with van der Waals surface area (Å²) < 4.78 is 13.2. The number of nitrogens with zero attached hydrogens (tertiary/aromatic N) is 3. The van der Waals surface area contributed by atoms with E-state index in [1.165, 1.54) is 12.8 Å². The van der Waals surface area contributed by atoms with Crippen molar-refractivity contribution in [2.75, 3.05) is 44.0 Å². The Bertz CT molecular complexity index is 1230. The maximum atomic E-state index is 13.6. The average Bonchev–Trinajstić information content (AvgIpc) is 3.63. The number of morpholine rings is 1. The lowest BCUT2D eigenvalue weighted by Crippen LogP contribution is -2.37. The lowest BCUT2D eigenvalue weighted by Gasteiger charge is -2.33. The summed E-state index contributed by atoms with van der Waals surface area (Å²) in [6.07, 6.45) is 4.32. The van der Waals surface area contributed by atoms with Crippen molar-refractivity contribution in [1.29, 1.82) is 0 Å². The van der Waals surface area contributed by atoms with Crippen molar-refractivity contribution < 1.29 is 14.3 Å². The van der Waals surface area contributed by atoms with Gasteiger partial charge in [0.2, 0.25) is 0 Å². The summed E-state index contributed by atoms with van der Waals surface area (Å²) in [7, 11) is 1.70. The monoisotopic (exact) mass is 462 g/mol. The molecule has 180 valence electrons. The molecule has 1 aromatic carbocycles. The third-order valence-corrected chi connectivity index (χ3v) is 6.86. The number of hydrogen-bond acceptors (Lipinski definition) is 6. The van der Waals surface area contributed by atoms with E-state index in [-0.39, 0.29) is 17.7 Å². The minimum atomic E-state index is -0.188. The first-order valence-corrected chi connectivity index (χ1v) is 12.1. The number of pyridine rings is 1. The van der Waals surface area contributed by atoms with Gasteiger partial charge in [-0.1, -0.05) is 20.8 Å². The summed E-state index contributed by atoms with van der Waals surface area (Å²) in [6, 6.07) is 8.09. The third-order valence-electron chi connectivity index (χ3n) is 6.86. The first-order chi connectivity index (χ1) is 16.3. The van der Waals surface area contributed by atoms with Gasteiger partial charge in [-0.3, -0.25) is 4.79 Å². The molecule has 2 aromatic heterocycles. The van der Waals surface area contributed by atoms with Crippen LogP contribution >= 0.6 is 0 Å². The zero-order chi connectivity index (χ0) is 24.0. The quantitative estimate of drug-likeness (QED) is 0.542. The van der Waals surface area contributed by atoms with Crippen molar-refractivity contribution >= 4 is 28.2 Å². The first kappa shape index (κ1) is 22.7. The predicted octanol–water partition coefficient (Wildman–Crippen LogP) is 4.52. The van der Waals surface area contributed by atoms with Crippen LogP contribution in [0.3, 0.4) is 0 Å². The fourth-order valence-corrected chi connectivity index (χ4v) is 4.74. The Morgan fingerprint density at radius 1 is 1.21 bits per heavy atom. The van der Waals surface area contributed by atoms with Gasteiger partial charge in [0, 0.05) is 47.4 Å². The van der Waals surface area contributed by atoms with Crippen LogP contribution in [0.25, 0.3) is 10.9 Å².